The molecule has 1 aliphatic rings. The third-order valence-electron chi connectivity index (χ3n) is 4.81. The van der Waals surface area contributed by atoms with Crippen LogP contribution >= 0.6 is 15.9 Å². The van der Waals surface area contributed by atoms with Crippen molar-refractivity contribution < 1.29 is 13.2 Å². The largest absolute Gasteiger partial charge is 0.351 e. The minimum Gasteiger partial charge on any atom is -0.351 e. The monoisotopic (exact) mass is 464 g/mol. The Kier molecular flexibility index (Phi) is 6.27. The molecule has 1 amide bonds. The summed E-state index contributed by atoms with van der Waals surface area (Å²) in [6, 6.07) is 15.1. The first-order valence-electron chi connectivity index (χ1n) is 9.32. The smallest absolute Gasteiger partial charge is 0.230 e. The van der Waals surface area contributed by atoms with Crippen LogP contribution in [0.15, 0.2) is 53.0 Å². The number of carbonyl (C=O) groups excluding carboxylic acids is 1. The number of benzene rings is 2. The Morgan fingerprint density at radius 3 is 2.32 bits per heavy atom. The van der Waals surface area contributed by atoms with E-state index in [0.29, 0.717) is 6.54 Å². The molecule has 7 heteroatoms. The minimum absolute atomic E-state index is 0.0402. The second-order valence-electron chi connectivity index (χ2n) is 7.62. The average Bonchev–Trinajstić information content (AvgIpc) is 3.41. The first kappa shape index (κ1) is 21.0. The van der Waals surface area contributed by atoms with Gasteiger partial charge in [-0.15, -0.1) is 0 Å². The SMILES string of the molecule is CC(C)NS(=O)(=O)Cc1ccc(CNC(=O)C2(c3cccc(Br)c3)CC2)cc1. The first-order valence-corrected chi connectivity index (χ1v) is 11.8. The van der Waals surface area contributed by atoms with Crippen molar-refractivity contribution in [2.45, 2.75) is 50.4 Å². The molecule has 0 bridgehead atoms. The number of nitrogens with one attached hydrogen (secondary N) is 2. The lowest BCUT2D eigenvalue weighted by Crippen LogP contribution is -2.34. The average molecular weight is 465 g/mol. The van der Waals surface area contributed by atoms with Gasteiger partial charge in [0.2, 0.25) is 15.9 Å². The fourth-order valence-corrected chi connectivity index (χ4v) is 5.12. The molecule has 2 aromatic carbocycles. The van der Waals surface area contributed by atoms with E-state index in [9.17, 15) is 13.2 Å². The summed E-state index contributed by atoms with van der Waals surface area (Å²) in [6.07, 6.45) is 1.71. The number of halogens is 1. The molecule has 5 nitrogen and oxygen atoms in total. The normalized spacial score (nSPS) is 15.4. The molecule has 28 heavy (non-hydrogen) atoms. The van der Waals surface area contributed by atoms with Crippen molar-refractivity contribution in [3.05, 3.63) is 69.7 Å². The Morgan fingerprint density at radius 1 is 1.11 bits per heavy atom. The van der Waals surface area contributed by atoms with Gasteiger partial charge in [0, 0.05) is 17.1 Å². The van der Waals surface area contributed by atoms with Crippen molar-refractivity contribution in [2.24, 2.45) is 0 Å². The molecule has 0 saturated heterocycles. The van der Waals surface area contributed by atoms with Gasteiger partial charge in [0.1, 0.15) is 0 Å². The summed E-state index contributed by atoms with van der Waals surface area (Å²) >= 11 is 3.47. The maximum atomic E-state index is 12.8. The van der Waals surface area contributed by atoms with E-state index in [1.165, 1.54) is 0 Å². The topological polar surface area (TPSA) is 75.3 Å². The quantitative estimate of drug-likeness (QED) is 0.626. The van der Waals surface area contributed by atoms with Crippen LogP contribution in [0.5, 0.6) is 0 Å². The van der Waals surface area contributed by atoms with E-state index in [4.69, 9.17) is 0 Å². The van der Waals surface area contributed by atoms with E-state index in [1.54, 1.807) is 26.0 Å². The summed E-state index contributed by atoms with van der Waals surface area (Å²) in [5.74, 6) is -0.0116. The number of rotatable bonds is 8. The first-order chi connectivity index (χ1) is 13.2. The summed E-state index contributed by atoms with van der Waals surface area (Å²) in [5.41, 5.74) is 2.28. The van der Waals surface area contributed by atoms with Gasteiger partial charge in [-0.25, -0.2) is 13.1 Å². The van der Waals surface area contributed by atoms with Crippen LogP contribution in [-0.2, 0) is 32.5 Å². The van der Waals surface area contributed by atoms with E-state index in [0.717, 1.165) is 34.0 Å². The van der Waals surface area contributed by atoms with Gasteiger partial charge < -0.3 is 5.32 Å². The third-order valence-corrected chi connectivity index (χ3v) is 6.85. The summed E-state index contributed by atoms with van der Waals surface area (Å²) in [7, 11) is -3.34. The van der Waals surface area contributed by atoms with Crippen molar-refractivity contribution in [1.29, 1.82) is 0 Å². The molecule has 0 unspecified atom stereocenters. The third kappa shape index (κ3) is 5.21. The summed E-state index contributed by atoms with van der Waals surface area (Å²) < 4.78 is 27.6. The lowest BCUT2D eigenvalue weighted by Gasteiger charge is -2.16. The van der Waals surface area contributed by atoms with Crippen LogP contribution in [0.1, 0.15) is 43.4 Å². The van der Waals surface area contributed by atoms with Crippen molar-refractivity contribution in [3.63, 3.8) is 0 Å². The van der Waals surface area contributed by atoms with Crippen molar-refractivity contribution in [3.8, 4) is 0 Å². The zero-order chi connectivity index (χ0) is 20.4. The molecule has 1 aliphatic carbocycles. The van der Waals surface area contributed by atoms with Crippen LogP contribution in [0.4, 0.5) is 0 Å². The van der Waals surface area contributed by atoms with Crippen LogP contribution in [0, 0.1) is 0 Å². The summed E-state index contributed by atoms with van der Waals surface area (Å²) in [6.45, 7) is 4.01. The van der Waals surface area contributed by atoms with Crippen molar-refractivity contribution in [1.82, 2.24) is 10.0 Å². The Hall–Kier alpha value is -1.70. The van der Waals surface area contributed by atoms with Crippen molar-refractivity contribution in [2.75, 3.05) is 0 Å². The Balaban J connectivity index is 1.59. The Bertz CT molecular complexity index is 952. The van der Waals surface area contributed by atoms with Gasteiger partial charge in [-0.05, 0) is 55.5 Å². The molecule has 0 aliphatic heterocycles. The molecule has 0 atom stereocenters. The molecular weight excluding hydrogens is 440 g/mol. The van der Waals surface area contributed by atoms with Crippen LogP contribution in [-0.4, -0.2) is 20.4 Å². The van der Waals surface area contributed by atoms with E-state index in [-0.39, 0.29) is 17.7 Å². The fraction of sp³-hybridized carbons (Fsp3) is 0.381. The fourth-order valence-electron chi connectivity index (χ4n) is 3.28. The zero-order valence-electron chi connectivity index (χ0n) is 16.0. The molecule has 150 valence electrons. The van der Waals surface area contributed by atoms with Crippen molar-refractivity contribution >= 4 is 31.9 Å². The highest BCUT2D eigenvalue weighted by molar-refractivity contribution is 9.10. The Morgan fingerprint density at radius 2 is 1.75 bits per heavy atom. The van der Waals surface area contributed by atoms with E-state index in [1.807, 2.05) is 36.4 Å². The molecule has 0 heterocycles. The number of amides is 1. The molecule has 3 rings (SSSR count). The predicted octanol–water partition coefficient (Wildman–Crippen LogP) is 3.62. The molecule has 1 fully saturated rings. The summed E-state index contributed by atoms with van der Waals surface area (Å²) in [4.78, 5) is 12.8. The van der Waals surface area contributed by atoms with E-state index >= 15 is 0 Å². The predicted molar refractivity (Wildman–Crippen MR) is 114 cm³/mol. The van der Waals surface area contributed by atoms with Crippen LogP contribution in [0.2, 0.25) is 0 Å². The zero-order valence-corrected chi connectivity index (χ0v) is 18.4. The summed E-state index contributed by atoms with van der Waals surface area (Å²) in [5, 5.41) is 3.03. The number of carbonyl (C=O) groups is 1. The van der Waals surface area contributed by atoms with Crippen LogP contribution in [0.3, 0.4) is 0 Å². The second kappa shape index (κ2) is 8.35. The molecule has 1 saturated carbocycles. The van der Waals surface area contributed by atoms with Crippen LogP contribution in [0.25, 0.3) is 0 Å². The highest BCUT2D eigenvalue weighted by atomic mass is 79.9. The molecule has 0 spiro atoms. The standard InChI is InChI=1S/C21H25BrN2O3S/c1-15(2)24-28(26,27)14-17-8-6-16(7-9-17)13-23-20(25)21(10-11-21)18-4-3-5-19(22)12-18/h3-9,12,15,24H,10-11,13-14H2,1-2H3,(H,23,25). The number of sulfonamides is 1. The van der Waals surface area contributed by atoms with Gasteiger partial charge in [-0.3, -0.25) is 4.79 Å². The number of hydrogen-bond acceptors (Lipinski definition) is 3. The van der Waals surface area contributed by atoms with Gasteiger partial charge in [0.25, 0.3) is 0 Å². The lowest BCUT2D eigenvalue weighted by atomic mass is 9.95. The second-order valence-corrected chi connectivity index (χ2v) is 10.3. The maximum Gasteiger partial charge on any atom is 0.230 e. The van der Waals surface area contributed by atoms with Gasteiger partial charge in [0.15, 0.2) is 0 Å². The molecule has 2 N–H and O–H groups in total. The highest BCUT2D eigenvalue weighted by Gasteiger charge is 2.51. The maximum absolute atomic E-state index is 12.8. The molecule has 2 aromatic rings. The molecule has 0 radical (unpaired) electrons. The van der Waals surface area contributed by atoms with Gasteiger partial charge in [-0.1, -0.05) is 52.3 Å². The molecule has 0 aromatic heterocycles. The van der Waals surface area contributed by atoms with Gasteiger partial charge in [0.05, 0.1) is 11.2 Å². The van der Waals surface area contributed by atoms with E-state index < -0.39 is 15.4 Å². The lowest BCUT2D eigenvalue weighted by molar-refractivity contribution is -0.123. The van der Waals surface area contributed by atoms with Crippen LogP contribution < -0.4 is 10.0 Å². The number of hydrogen-bond donors (Lipinski definition) is 2. The van der Waals surface area contributed by atoms with Gasteiger partial charge in [-0.2, -0.15) is 0 Å². The Labute approximate surface area is 175 Å². The minimum atomic E-state index is -3.34. The molecular formula is C21H25BrN2O3S. The van der Waals surface area contributed by atoms with Gasteiger partial charge >= 0.3 is 0 Å². The van der Waals surface area contributed by atoms with E-state index in [2.05, 4.69) is 26.0 Å². The highest BCUT2D eigenvalue weighted by Crippen LogP contribution is 2.48.